The van der Waals surface area contributed by atoms with E-state index in [-0.39, 0.29) is 11.8 Å². The maximum Gasteiger partial charge on any atom is 0.285 e. The lowest BCUT2D eigenvalue weighted by atomic mass is 10.2. The van der Waals surface area contributed by atoms with Gasteiger partial charge >= 0.3 is 0 Å². The van der Waals surface area contributed by atoms with Crippen LogP contribution in [0.25, 0.3) is 0 Å². The molecule has 0 aliphatic heterocycles. The Morgan fingerprint density at radius 2 is 0.742 bits per heavy atom. The summed E-state index contributed by atoms with van der Waals surface area (Å²) in [5.41, 5.74) is 1.07. The minimum Gasteiger partial charge on any atom is -0.266 e. The molecular weight excluding hydrogens is 403 g/mol. The fourth-order valence-corrected chi connectivity index (χ4v) is 6.33. The van der Waals surface area contributed by atoms with E-state index in [0.29, 0.717) is 11.1 Å². The van der Waals surface area contributed by atoms with E-state index >= 15 is 0 Å². The van der Waals surface area contributed by atoms with Crippen molar-refractivity contribution in [3.05, 3.63) is 132 Å². The van der Waals surface area contributed by atoms with Crippen molar-refractivity contribution in [1.29, 1.82) is 0 Å². The van der Waals surface area contributed by atoms with Gasteiger partial charge < -0.3 is 0 Å². The Balaban J connectivity index is 1.84. The van der Waals surface area contributed by atoms with Crippen LogP contribution in [-0.4, -0.2) is 11.8 Å². The Labute approximate surface area is 182 Å². The fourth-order valence-electron chi connectivity index (χ4n) is 3.35. The van der Waals surface area contributed by atoms with Crippen molar-refractivity contribution >= 4 is 30.0 Å². The van der Waals surface area contributed by atoms with Crippen LogP contribution < -0.4 is 20.8 Å². The molecule has 4 aromatic rings. The maximum absolute atomic E-state index is 13.3. The number of carbonyl (C=O) groups excluding carboxylic acids is 2. The lowest BCUT2D eigenvalue weighted by Crippen LogP contribution is -2.46. The highest BCUT2D eigenvalue weighted by Crippen LogP contribution is 2.48. The Kier molecular flexibility index (Phi) is 6.21. The molecule has 152 valence electrons. The fraction of sp³-hybridized carbons (Fsp3) is 0. The molecule has 0 saturated heterocycles. The standard InChI is InChI=1S/C26H21N2O2P/c29-25(21-13-5-1-6-14-21)27-31(23-17-9-3-10-18-23,24-19-11-4-12-20-24)28-26(30)22-15-7-2-8-16-22/h1-20H,(H-,27,28,29,30)/p+1. The van der Waals surface area contributed by atoms with Gasteiger partial charge in [-0.2, -0.15) is 10.2 Å². The third-order valence-corrected chi connectivity index (χ3v) is 8.12. The lowest BCUT2D eigenvalue weighted by molar-refractivity contribution is 0.0977. The van der Waals surface area contributed by atoms with Gasteiger partial charge in [-0.05, 0) is 48.5 Å². The summed E-state index contributed by atoms with van der Waals surface area (Å²) in [6, 6.07) is 37.3. The molecule has 0 fully saturated rings. The van der Waals surface area contributed by atoms with Crippen LogP contribution in [0.4, 0.5) is 0 Å². The van der Waals surface area contributed by atoms with Crippen molar-refractivity contribution < 1.29 is 9.59 Å². The molecule has 0 saturated carbocycles. The molecule has 31 heavy (non-hydrogen) atoms. The Bertz CT molecular complexity index is 1060. The van der Waals surface area contributed by atoms with Crippen molar-refractivity contribution in [2.75, 3.05) is 0 Å². The van der Waals surface area contributed by atoms with E-state index in [0.717, 1.165) is 10.6 Å². The SMILES string of the molecule is O=C(N[P+](NC(=O)c1ccccc1)(c1ccccc1)c1ccccc1)c1ccccc1. The molecular formula is C26H22N2O2P+. The lowest BCUT2D eigenvalue weighted by Gasteiger charge is -2.27. The van der Waals surface area contributed by atoms with Crippen molar-refractivity contribution in [1.82, 2.24) is 10.2 Å². The highest BCUT2D eigenvalue weighted by molar-refractivity contribution is 7.87. The van der Waals surface area contributed by atoms with E-state index in [4.69, 9.17) is 0 Å². The van der Waals surface area contributed by atoms with Gasteiger partial charge in [0.2, 0.25) is 0 Å². The normalized spacial score (nSPS) is 10.8. The molecule has 0 radical (unpaired) electrons. The molecule has 0 atom stereocenters. The van der Waals surface area contributed by atoms with Gasteiger partial charge in [0.25, 0.3) is 19.4 Å². The Morgan fingerprint density at radius 1 is 0.452 bits per heavy atom. The van der Waals surface area contributed by atoms with Crippen LogP contribution in [0, 0.1) is 0 Å². The molecule has 4 rings (SSSR count). The zero-order valence-corrected chi connectivity index (χ0v) is 17.7. The Morgan fingerprint density at radius 3 is 1.06 bits per heavy atom. The summed E-state index contributed by atoms with van der Waals surface area (Å²) in [6.45, 7) is 0. The first-order valence-electron chi connectivity index (χ1n) is 9.95. The summed E-state index contributed by atoms with van der Waals surface area (Å²) in [5, 5.41) is 8.15. The van der Waals surface area contributed by atoms with E-state index in [1.165, 1.54) is 0 Å². The number of amides is 2. The van der Waals surface area contributed by atoms with Crippen molar-refractivity contribution in [2.45, 2.75) is 0 Å². The summed E-state index contributed by atoms with van der Waals surface area (Å²) in [4.78, 5) is 26.6. The van der Waals surface area contributed by atoms with Crippen molar-refractivity contribution in [3.63, 3.8) is 0 Å². The largest absolute Gasteiger partial charge is 0.285 e. The predicted octanol–water partition coefficient (Wildman–Crippen LogP) is 4.35. The molecule has 4 nitrogen and oxygen atoms in total. The van der Waals surface area contributed by atoms with Crippen molar-refractivity contribution in [3.8, 4) is 0 Å². The molecule has 0 bridgehead atoms. The van der Waals surface area contributed by atoms with E-state index in [2.05, 4.69) is 10.2 Å². The first kappa shape index (κ1) is 20.5. The third kappa shape index (κ3) is 4.55. The quantitative estimate of drug-likeness (QED) is 0.452. The average molecular weight is 425 g/mol. The number of carbonyl (C=O) groups is 2. The highest BCUT2D eigenvalue weighted by Gasteiger charge is 2.47. The second-order valence-electron chi connectivity index (χ2n) is 6.96. The second kappa shape index (κ2) is 9.38. The van der Waals surface area contributed by atoms with Crippen LogP contribution in [0.3, 0.4) is 0 Å². The number of nitrogens with one attached hydrogen (secondary N) is 2. The molecule has 0 spiro atoms. The topological polar surface area (TPSA) is 58.2 Å². The molecule has 2 N–H and O–H groups in total. The number of hydrogen-bond acceptors (Lipinski definition) is 2. The van der Waals surface area contributed by atoms with Gasteiger partial charge in [0, 0.05) is 11.1 Å². The highest BCUT2D eigenvalue weighted by atomic mass is 31.2. The molecule has 2 amide bonds. The summed E-state index contributed by atoms with van der Waals surface area (Å²) in [5.74, 6) is -0.481. The molecule has 0 unspecified atom stereocenters. The van der Waals surface area contributed by atoms with Crippen LogP contribution in [0.5, 0.6) is 0 Å². The zero-order valence-electron chi connectivity index (χ0n) is 16.8. The molecule has 4 aromatic carbocycles. The first-order valence-corrected chi connectivity index (χ1v) is 11.7. The predicted molar refractivity (Wildman–Crippen MR) is 127 cm³/mol. The monoisotopic (exact) mass is 425 g/mol. The smallest absolute Gasteiger partial charge is 0.266 e. The maximum atomic E-state index is 13.3. The van der Waals surface area contributed by atoms with Crippen LogP contribution in [0.2, 0.25) is 0 Å². The number of benzene rings is 4. The third-order valence-electron chi connectivity index (χ3n) is 4.90. The summed E-state index contributed by atoms with van der Waals surface area (Å²) in [6.07, 6.45) is 0. The average Bonchev–Trinajstić information content (AvgIpc) is 2.85. The first-order chi connectivity index (χ1) is 15.2. The van der Waals surface area contributed by atoms with Gasteiger partial charge in [0.1, 0.15) is 10.6 Å². The van der Waals surface area contributed by atoms with E-state index in [9.17, 15) is 9.59 Å². The van der Waals surface area contributed by atoms with E-state index in [1.54, 1.807) is 24.3 Å². The van der Waals surface area contributed by atoms with Crippen LogP contribution in [-0.2, 0) is 0 Å². The van der Waals surface area contributed by atoms with E-state index < -0.39 is 7.56 Å². The number of rotatable bonds is 6. The molecule has 0 aliphatic carbocycles. The molecule has 0 aromatic heterocycles. The van der Waals surface area contributed by atoms with Gasteiger partial charge in [-0.3, -0.25) is 9.59 Å². The van der Waals surface area contributed by atoms with Crippen LogP contribution in [0.15, 0.2) is 121 Å². The van der Waals surface area contributed by atoms with Crippen LogP contribution in [0.1, 0.15) is 20.7 Å². The molecule has 0 heterocycles. The number of hydrogen-bond donors (Lipinski definition) is 2. The van der Waals surface area contributed by atoms with Crippen molar-refractivity contribution in [2.24, 2.45) is 0 Å². The zero-order chi connectivity index (χ0) is 21.5. The minimum absolute atomic E-state index is 0.241. The summed E-state index contributed by atoms with van der Waals surface area (Å²) >= 11 is 0. The van der Waals surface area contributed by atoms with Gasteiger partial charge in [-0.25, -0.2) is 0 Å². The molecule has 5 heteroatoms. The Hall–Kier alpha value is -3.75. The summed E-state index contributed by atoms with van der Waals surface area (Å²) < 4.78 is 0. The summed E-state index contributed by atoms with van der Waals surface area (Å²) in [7, 11) is -2.84. The van der Waals surface area contributed by atoms with Gasteiger partial charge in [0.05, 0.1) is 0 Å². The van der Waals surface area contributed by atoms with Gasteiger partial charge in [-0.15, -0.1) is 0 Å². The minimum atomic E-state index is -2.84. The van der Waals surface area contributed by atoms with Crippen LogP contribution >= 0.6 is 7.56 Å². The second-order valence-corrected chi connectivity index (χ2v) is 9.78. The van der Waals surface area contributed by atoms with E-state index in [1.807, 2.05) is 97.1 Å². The molecule has 0 aliphatic rings. The van der Waals surface area contributed by atoms with Gasteiger partial charge in [0.15, 0.2) is 0 Å². The van der Waals surface area contributed by atoms with Gasteiger partial charge in [-0.1, -0.05) is 72.8 Å².